The van der Waals surface area contributed by atoms with E-state index < -0.39 is 34.6 Å². The van der Waals surface area contributed by atoms with E-state index >= 15 is 0 Å². The zero-order valence-electron chi connectivity index (χ0n) is 10.2. The standard InChI is InChI=1S/C12H15F3N2O/c1-3-6-12(2,16)11(18)17-8-5-4-7(13)9(14)10(8)15/h4-5H,3,6,16H2,1-2H3,(H,17,18). The van der Waals surface area contributed by atoms with Crippen molar-refractivity contribution in [1.82, 2.24) is 0 Å². The lowest BCUT2D eigenvalue weighted by Crippen LogP contribution is -2.48. The van der Waals surface area contributed by atoms with Gasteiger partial charge in [0.1, 0.15) is 0 Å². The number of carbonyl (C=O) groups is 1. The van der Waals surface area contributed by atoms with Crippen LogP contribution in [0.4, 0.5) is 18.9 Å². The van der Waals surface area contributed by atoms with Crippen LogP contribution < -0.4 is 11.1 Å². The summed E-state index contributed by atoms with van der Waals surface area (Å²) in [6.07, 6.45) is 1.06. The largest absolute Gasteiger partial charge is 0.322 e. The Bertz CT molecular complexity index is 461. The van der Waals surface area contributed by atoms with Crippen molar-refractivity contribution in [1.29, 1.82) is 0 Å². The monoisotopic (exact) mass is 260 g/mol. The zero-order valence-corrected chi connectivity index (χ0v) is 10.2. The second-order valence-corrected chi connectivity index (χ2v) is 4.34. The van der Waals surface area contributed by atoms with Crippen LogP contribution in [0.15, 0.2) is 12.1 Å². The molecule has 3 N–H and O–H groups in total. The van der Waals surface area contributed by atoms with E-state index in [0.29, 0.717) is 12.8 Å². The Hall–Kier alpha value is -1.56. The van der Waals surface area contributed by atoms with Crippen LogP contribution in [0.3, 0.4) is 0 Å². The van der Waals surface area contributed by atoms with Crippen molar-refractivity contribution in [3.05, 3.63) is 29.6 Å². The molecule has 0 saturated heterocycles. The fraction of sp³-hybridized carbons (Fsp3) is 0.417. The predicted octanol–water partition coefficient (Wildman–Crippen LogP) is 2.56. The Morgan fingerprint density at radius 1 is 1.33 bits per heavy atom. The van der Waals surface area contributed by atoms with Gasteiger partial charge in [0.2, 0.25) is 5.91 Å². The van der Waals surface area contributed by atoms with Crippen molar-refractivity contribution in [2.45, 2.75) is 32.2 Å². The highest BCUT2D eigenvalue weighted by Crippen LogP contribution is 2.21. The molecular weight excluding hydrogens is 245 g/mol. The number of benzene rings is 1. The van der Waals surface area contributed by atoms with Gasteiger partial charge in [0.15, 0.2) is 17.5 Å². The van der Waals surface area contributed by atoms with Gasteiger partial charge in [-0.2, -0.15) is 0 Å². The molecule has 0 bridgehead atoms. The quantitative estimate of drug-likeness (QED) is 0.817. The molecule has 0 fully saturated rings. The summed E-state index contributed by atoms with van der Waals surface area (Å²) < 4.78 is 39.0. The van der Waals surface area contributed by atoms with Crippen LogP contribution in [0.25, 0.3) is 0 Å². The van der Waals surface area contributed by atoms with Crippen LogP contribution in [0.1, 0.15) is 26.7 Å². The Morgan fingerprint density at radius 2 is 1.94 bits per heavy atom. The van der Waals surface area contributed by atoms with Crippen LogP contribution in [-0.2, 0) is 4.79 Å². The second-order valence-electron chi connectivity index (χ2n) is 4.34. The molecule has 0 spiro atoms. The van der Waals surface area contributed by atoms with Crippen LogP contribution >= 0.6 is 0 Å². The van der Waals surface area contributed by atoms with Gasteiger partial charge in [-0.1, -0.05) is 13.3 Å². The third-order valence-corrected chi connectivity index (χ3v) is 2.57. The van der Waals surface area contributed by atoms with Crippen molar-refractivity contribution in [2.75, 3.05) is 5.32 Å². The molecule has 6 heteroatoms. The van der Waals surface area contributed by atoms with Gasteiger partial charge in [-0.25, -0.2) is 13.2 Å². The van der Waals surface area contributed by atoms with Crippen LogP contribution in [0.5, 0.6) is 0 Å². The SMILES string of the molecule is CCCC(C)(N)C(=O)Nc1ccc(F)c(F)c1F. The molecule has 0 aromatic heterocycles. The molecular formula is C12H15F3N2O. The molecule has 0 aliphatic carbocycles. The first-order valence-electron chi connectivity index (χ1n) is 5.53. The molecule has 3 nitrogen and oxygen atoms in total. The average Bonchev–Trinajstić information content (AvgIpc) is 2.29. The molecule has 0 aliphatic heterocycles. The molecule has 0 heterocycles. The smallest absolute Gasteiger partial charge is 0.244 e. The summed E-state index contributed by atoms with van der Waals surface area (Å²) >= 11 is 0. The maximum Gasteiger partial charge on any atom is 0.244 e. The van der Waals surface area contributed by atoms with Gasteiger partial charge < -0.3 is 11.1 Å². The van der Waals surface area contributed by atoms with Crippen molar-refractivity contribution in [3.8, 4) is 0 Å². The van der Waals surface area contributed by atoms with E-state index in [0.717, 1.165) is 12.1 Å². The van der Waals surface area contributed by atoms with Crippen LogP contribution in [0.2, 0.25) is 0 Å². The van der Waals surface area contributed by atoms with Gasteiger partial charge in [-0.05, 0) is 25.5 Å². The molecule has 1 atom stereocenters. The molecule has 100 valence electrons. The molecule has 1 aromatic rings. The van der Waals surface area contributed by atoms with Gasteiger partial charge >= 0.3 is 0 Å². The predicted molar refractivity (Wildman–Crippen MR) is 62.4 cm³/mol. The topological polar surface area (TPSA) is 55.1 Å². The van der Waals surface area contributed by atoms with E-state index in [1.165, 1.54) is 6.92 Å². The van der Waals surface area contributed by atoms with Gasteiger partial charge in [-0.3, -0.25) is 4.79 Å². The Morgan fingerprint density at radius 3 is 2.50 bits per heavy atom. The lowest BCUT2D eigenvalue weighted by Gasteiger charge is -2.23. The maximum atomic E-state index is 13.3. The van der Waals surface area contributed by atoms with Crippen LogP contribution in [0, 0.1) is 17.5 Å². The first-order chi connectivity index (χ1) is 8.29. The normalized spacial score (nSPS) is 14.1. The third kappa shape index (κ3) is 3.01. The van der Waals surface area contributed by atoms with Crippen molar-refractivity contribution >= 4 is 11.6 Å². The second kappa shape index (κ2) is 5.39. The number of rotatable bonds is 4. The summed E-state index contributed by atoms with van der Waals surface area (Å²) in [4.78, 5) is 11.8. The number of carbonyl (C=O) groups excluding carboxylic acids is 1. The van der Waals surface area contributed by atoms with E-state index in [9.17, 15) is 18.0 Å². The lowest BCUT2D eigenvalue weighted by atomic mass is 9.96. The Kier molecular flexibility index (Phi) is 4.34. The molecule has 18 heavy (non-hydrogen) atoms. The summed E-state index contributed by atoms with van der Waals surface area (Å²) in [5, 5.41) is 2.16. The minimum Gasteiger partial charge on any atom is -0.322 e. The number of hydrogen-bond donors (Lipinski definition) is 2. The number of amides is 1. The van der Waals surface area contributed by atoms with Crippen molar-refractivity contribution in [2.24, 2.45) is 5.73 Å². The van der Waals surface area contributed by atoms with Crippen LogP contribution in [-0.4, -0.2) is 11.4 Å². The van der Waals surface area contributed by atoms with E-state index in [1.807, 2.05) is 6.92 Å². The van der Waals surface area contributed by atoms with Gasteiger partial charge in [0, 0.05) is 0 Å². The minimum atomic E-state index is -1.62. The Labute approximate surface area is 103 Å². The highest BCUT2D eigenvalue weighted by atomic mass is 19.2. The summed E-state index contributed by atoms with van der Waals surface area (Å²) in [6, 6.07) is 1.69. The minimum absolute atomic E-state index is 0.393. The average molecular weight is 260 g/mol. The third-order valence-electron chi connectivity index (χ3n) is 2.57. The van der Waals surface area contributed by atoms with E-state index in [4.69, 9.17) is 5.73 Å². The van der Waals surface area contributed by atoms with Gasteiger partial charge in [0.25, 0.3) is 0 Å². The molecule has 1 rings (SSSR count). The molecule has 0 aliphatic rings. The zero-order chi connectivity index (χ0) is 13.9. The fourth-order valence-electron chi connectivity index (χ4n) is 1.52. The number of nitrogens with one attached hydrogen (secondary N) is 1. The maximum absolute atomic E-state index is 13.3. The number of halogens is 3. The van der Waals surface area contributed by atoms with Gasteiger partial charge in [0.05, 0.1) is 11.2 Å². The first kappa shape index (κ1) is 14.5. The van der Waals surface area contributed by atoms with E-state index in [2.05, 4.69) is 5.32 Å². The Balaban J connectivity index is 2.92. The molecule has 1 amide bonds. The summed E-state index contributed by atoms with van der Waals surface area (Å²) in [6.45, 7) is 3.33. The highest BCUT2D eigenvalue weighted by molar-refractivity contribution is 5.97. The summed E-state index contributed by atoms with van der Waals surface area (Å²) in [7, 11) is 0. The molecule has 1 unspecified atom stereocenters. The fourth-order valence-corrected chi connectivity index (χ4v) is 1.52. The number of nitrogens with two attached hydrogens (primary N) is 1. The molecule has 0 radical (unpaired) electrons. The lowest BCUT2D eigenvalue weighted by molar-refractivity contribution is -0.120. The van der Waals surface area contributed by atoms with Crippen molar-refractivity contribution in [3.63, 3.8) is 0 Å². The summed E-state index contributed by atoms with van der Waals surface area (Å²) in [5.74, 6) is -5.01. The van der Waals surface area contributed by atoms with Gasteiger partial charge in [-0.15, -0.1) is 0 Å². The van der Waals surface area contributed by atoms with E-state index in [1.54, 1.807) is 0 Å². The highest BCUT2D eigenvalue weighted by Gasteiger charge is 2.28. The number of hydrogen-bond acceptors (Lipinski definition) is 2. The summed E-state index contributed by atoms with van der Waals surface area (Å²) in [5.41, 5.74) is 4.12. The first-order valence-corrected chi connectivity index (χ1v) is 5.53. The van der Waals surface area contributed by atoms with Crippen molar-refractivity contribution < 1.29 is 18.0 Å². The molecule has 0 saturated carbocycles. The molecule has 1 aromatic carbocycles. The number of anilines is 1. The van der Waals surface area contributed by atoms with E-state index in [-0.39, 0.29) is 0 Å².